The summed E-state index contributed by atoms with van der Waals surface area (Å²) in [5.74, 6) is -0.202. The number of hydrogen-bond acceptors (Lipinski definition) is 4. The second-order valence-corrected chi connectivity index (χ2v) is 4.32. The molecule has 2 heterocycles. The van der Waals surface area contributed by atoms with Crippen LogP contribution >= 0.6 is 11.8 Å². The van der Waals surface area contributed by atoms with E-state index in [9.17, 15) is 4.79 Å². The Kier molecular flexibility index (Phi) is 2.47. The van der Waals surface area contributed by atoms with Crippen LogP contribution in [0.2, 0.25) is 0 Å². The molecule has 2 rings (SSSR count). The molecule has 1 fully saturated rings. The van der Waals surface area contributed by atoms with E-state index in [1.54, 1.807) is 16.4 Å². The van der Waals surface area contributed by atoms with Crippen molar-refractivity contribution in [1.82, 2.24) is 15.1 Å². The highest BCUT2D eigenvalue weighted by molar-refractivity contribution is 7.99. The maximum atomic E-state index is 10.7. The van der Waals surface area contributed by atoms with Crippen molar-refractivity contribution in [2.24, 2.45) is 7.05 Å². The summed E-state index contributed by atoms with van der Waals surface area (Å²) < 4.78 is 1.71. The number of carbonyl (C=O) groups is 1. The number of hydrogen-bond donors (Lipinski definition) is 2. The van der Waals surface area contributed by atoms with Gasteiger partial charge in [-0.3, -0.25) is 14.8 Å². The highest BCUT2D eigenvalue weighted by atomic mass is 32.2. The zero-order valence-electron chi connectivity index (χ0n) is 7.67. The lowest BCUT2D eigenvalue weighted by Gasteiger charge is -2.07. The molecule has 0 radical (unpaired) electrons. The monoisotopic (exact) mass is 213 g/mol. The van der Waals surface area contributed by atoms with Crippen LogP contribution < -0.4 is 5.32 Å². The Morgan fingerprint density at radius 3 is 3.14 bits per heavy atom. The van der Waals surface area contributed by atoms with Crippen LogP contribution in [0, 0.1) is 0 Å². The number of aromatic nitrogens is 2. The predicted octanol–water partition coefficient (Wildman–Crippen LogP) is 0.208. The standard InChI is InChI=1S/C8H11N3O2S/c1-11-3-2-5(10-11)7-9-6(4-14-7)8(12)13/h2-3,6-7,9H,4H2,1H3,(H,12,13)/t6-,7?/m0/s1. The maximum Gasteiger partial charge on any atom is 0.321 e. The molecule has 76 valence electrons. The van der Waals surface area contributed by atoms with Gasteiger partial charge >= 0.3 is 5.97 Å². The molecule has 1 aliphatic rings. The van der Waals surface area contributed by atoms with Crippen LogP contribution in [-0.4, -0.2) is 32.7 Å². The first-order chi connectivity index (χ1) is 6.66. The normalized spacial score (nSPS) is 26.6. The third-order valence-electron chi connectivity index (χ3n) is 2.08. The molecule has 1 aromatic heterocycles. The lowest BCUT2D eigenvalue weighted by atomic mass is 10.3. The Hall–Kier alpha value is -1.01. The number of carboxylic acid groups (broad SMARTS) is 1. The third kappa shape index (κ3) is 1.76. The molecule has 0 bridgehead atoms. The number of thioether (sulfide) groups is 1. The van der Waals surface area contributed by atoms with Crippen molar-refractivity contribution in [3.63, 3.8) is 0 Å². The second kappa shape index (κ2) is 3.62. The Morgan fingerprint density at radius 2 is 2.64 bits per heavy atom. The number of aliphatic carboxylic acids is 1. The number of nitrogens with zero attached hydrogens (tertiary/aromatic N) is 2. The first-order valence-electron chi connectivity index (χ1n) is 4.27. The van der Waals surface area contributed by atoms with E-state index in [1.807, 2.05) is 19.3 Å². The maximum absolute atomic E-state index is 10.7. The van der Waals surface area contributed by atoms with E-state index in [-0.39, 0.29) is 5.37 Å². The Balaban J connectivity index is 2.05. The molecule has 1 aliphatic heterocycles. The quantitative estimate of drug-likeness (QED) is 0.735. The van der Waals surface area contributed by atoms with E-state index in [0.29, 0.717) is 5.75 Å². The van der Waals surface area contributed by atoms with Crippen LogP contribution in [0.25, 0.3) is 0 Å². The van der Waals surface area contributed by atoms with Gasteiger partial charge in [0.1, 0.15) is 6.04 Å². The van der Waals surface area contributed by atoms with Crippen molar-refractivity contribution in [2.75, 3.05) is 5.75 Å². The molecule has 0 spiro atoms. The number of aryl methyl sites for hydroxylation is 1. The molecule has 2 atom stereocenters. The van der Waals surface area contributed by atoms with Crippen molar-refractivity contribution >= 4 is 17.7 Å². The van der Waals surface area contributed by atoms with E-state index in [1.165, 1.54) is 0 Å². The minimum absolute atomic E-state index is 0.0114. The topological polar surface area (TPSA) is 67.2 Å². The number of nitrogens with one attached hydrogen (secondary N) is 1. The van der Waals surface area contributed by atoms with Gasteiger partial charge in [-0.15, -0.1) is 11.8 Å². The van der Waals surface area contributed by atoms with Gasteiger partial charge in [-0.25, -0.2) is 0 Å². The van der Waals surface area contributed by atoms with Crippen LogP contribution in [0.1, 0.15) is 11.1 Å². The molecule has 5 nitrogen and oxygen atoms in total. The summed E-state index contributed by atoms with van der Waals surface area (Å²) in [5, 5.41) is 16.0. The van der Waals surface area contributed by atoms with Gasteiger partial charge in [0.15, 0.2) is 0 Å². The minimum Gasteiger partial charge on any atom is -0.480 e. The first kappa shape index (κ1) is 9.54. The summed E-state index contributed by atoms with van der Waals surface area (Å²) >= 11 is 1.58. The summed E-state index contributed by atoms with van der Waals surface area (Å²) in [6, 6.07) is 1.45. The lowest BCUT2D eigenvalue weighted by molar-refractivity contribution is -0.138. The Morgan fingerprint density at radius 1 is 1.86 bits per heavy atom. The lowest BCUT2D eigenvalue weighted by Crippen LogP contribution is -2.33. The zero-order valence-corrected chi connectivity index (χ0v) is 8.49. The number of carboxylic acids is 1. The van der Waals surface area contributed by atoms with E-state index in [0.717, 1.165) is 5.69 Å². The van der Waals surface area contributed by atoms with Crippen molar-refractivity contribution in [1.29, 1.82) is 0 Å². The number of rotatable bonds is 2. The minimum atomic E-state index is -0.795. The summed E-state index contributed by atoms with van der Waals surface area (Å²) in [6.07, 6.45) is 1.85. The average molecular weight is 213 g/mol. The van der Waals surface area contributed by atoms with Gasteiger partial charge in [0, 0.05) is 19.0 Å². The van der Waals surface area contributed by atoms with Crippen molar-refractivity contribution in [3.05, 3.63) is 18.0 Å². The van der Waals surface area contributed by atoms with Gasteiger partial charge < -0.3 is 5.11 Å². The van der Waals surface area contributed by atoms with Crippen LogP contribution in [0.15, 0.2) is 12.3 Å². The first-order valence-corrected chi connectivity index (χ1v) is 5.31. The summed E-state index contributed by atoms with van der Waals surface area (Å²) in [7, 11) is 1.85. The van der Waals surface area contributed by atoms with Crippen molar-refractivity contribution < 1.29 is 9.90 Å². The molecule has 0 amide bonds. The van der Waals surface area contributed by atoms with Gasteiger partial charge in [0.05, 0.1) is 11.1 Å². The second-order valence-electron chi connectivity index (χ2n) is 3.19. The van der Waals surface area contributed by atoms with Gasteiger partial charge in [-0.05, 0) is 6.07 Å². The van der Waals surface area contributed by atoms with E-state index < -0.39 is 12.0 Å². The molecule has 1 saturated heterocycles. The molecular formula is C8H11N3O2S. The fourth-order valence-electron chi connectivity index (χ4n) is 1.36. The SMILES string of the molecule is Cn1ccc(C2N[C@H](C(=O)O)CS2)n1. The molecule has 0 saturated carbocycles. The van der Waals surface area contributed by atoms with Crippen LogP contribution in [-0.2, 0) is 11.8 Å². The van der Waals surface area contributed by atoms with Gasteiger partial charge in [0.2, 0.25) is 0 Å². The Bertz CT molecular complexity index is 352. The Labute approximate surface area is 85.5 Å². The van der Waals surface area contributed by atoms with E-state index in [4.69, 9.17) is 5.11 Å². The summed E-state index contributed by atoms with van der Waals surface area (Å²) in [5.41, 5.74) is 0.890. The van der Waals surface area contributed by atoms with Gasteiger partial charge in [0.25, 0.3) is 0 Å². The fourth-order valence-corrected chi connectivity index (χ4v) is 2.54. The molecule has 0 aromatic carbocycles. The highest BCUT2D eigenvalue weighted by Crippen LogP contribution is 2.31. The van der Waals surface area contributed by atoms with Gasteiger partial charge in [-0.2, -0.15) is 5.10 Å². The van der Waals surface area contributed by atoms with Crippen molar-refractivity contribution in [3.8, 4) is 0 Å². The molecule has 2 N–H and O–H groups in total. The summed E-state index contributed by atoms with van der Waals surface area (Å²) in [4.78, 5) is 10.7. The largest absolute Gasteiger partial charge is 0.480 e. The fraction of sp³-hybridized carbons (Fsp3) is 0.500. The van der Waals surface area contributed by atoms with Crippen LogP contribution in [0.5, 0.6) is 0 Å². The molecule has 0 aliphatic carbocycles. The van der Waals surface area contributed by atoms with Crippen molar-refractivity contribution in [2.45, 2.75) is 11.4 Å². The zero-order chi connectivity index (χ0) is 10.1. The smallest absolute Gasteiger partial charge is 0.321 e. The molecular weight excluding hydrogens is 202 g/mol. The van der Waals surface area contributed by atoms with Crippen LogP contribution in [0.3, 0.4) is 0 Å². The highest BCUT2D eigenvalue weighted by Gasteiger charge is 2.31. The van der Waals surface area contributed by atoms with Crippen LogP contribution in [0.4, 0.5) is 0 Å². The predicted molar refractivity (Wildman–Crippen MR) is 53.0 cm³/mol. The van der Waals surface area contributed by atoms with Gasteiger partial charge in [-0.1, -0.05) is 0 Å². The average Bonchev–Trinajstić information content (AvgIpc) is 2.70. The van der Waals surface area contributed by atoms with E-state index >= 15 is 0 Å². The van der Waals surface area contributed by atoms with E-state index in [2.05, 4.69) is 10.4 Å². The summed E-state index contributed by atoms with van der Waals surface area (Å²) in [6.45, 7) is 0. The molecule has 14 heavy (non-hydrogen) atoms. The molecule has 1 unspecified atom stereocenters. The third-order valence-corrected chi connectivity index (χ3v) is 3.32. The molecule has 6 heteroatoms. The molecule has 1 aromatic rings.